The van der Waals surface area contributed by atoms with Gasteiger partial charge in [-0.1, -0.05) is 34.8 Å². The normalized spacial score (nSPS) is 10.0. The molecule has 7 heteroatoms. The number of hydrogen-bond donors (Lipinski definition) is 2. The maximum absolute atomic E-state index is 12.0. The minimum absolute atomic E-state index is 0.124. The predicted molar refractivity (Wildman–Crippen MR) is 91.6 cm³/mol. The summed E-state index contributed by atoms with van der Waals surface area (Å²) in [6.45, 7) is 0. The zero-order valence-electron chi connectivity index (χ0n) is 10.5. The number of hydrogen-bond acceptors (Lipinski definition) is 2. The molecule has 0 unspecified atom stereocenters. The lowest BCUT2D eigenvalue weighted by atomic mass is 10.2. The molecule has 0 saturated carbocycles. The molecule has 0 aliphatic rings. The summed E-state index contributed by atoms with van der Waals surface area (Å²) in [7, 11) is 0. The Morgan fingerprint density at radius 2 is 1.57 bits per heavy atom. The van der Waals surface area contributed by atoms with E-state index in [0.29, 0.717) is 26.3 Å². The molecule has 108 valence electrons. The van der Waals surface area contributed by atoms with Gasteiger partial charge in [0.2, 0.25) is 0 Å². The number of anilines is 1. The zero-order valence-corrected chi connectivity index (χ0v) is 13.6. The molecule has 0 aliphatic carbocycles. The highest BCUT2D eigenvalue weighted by molar-refractivity contribution is 7.80. The topological polar surface area (TPSA) is 41.1 Å². The molecule has 0 heterocycles. The highest BCUT2D eigenvalue weighted by Crippen LogP contribution is 2.25. The van der Waals surface area contributed by atoms with Crippen LogP contribution in [0.2, 0.25) is 15.1 Å². The third-order valence-corrected chi connectivity index (χ3v) is 3.53. The molecule has 3 nitrogen and oxygen atoms in total. The Labute approximate surface area is 142 Å². The molecule has 0 atom stereocenters. The van der Waals surface area contributed by atoms with Gasteiger partial charge in [-0.3, -0.25) is 10.1 Å². The number of nitrogens with one attached hydrogen (secondary N) is 2. The van der Waals surface area contributed by atoms with Crippen molar-refractivity contribution in [2.75, 3.05) is 5.32 Å². The van der Waals surface area contributed by atoms with Crippen molar-refractivity contribution >= 4 is 63.7 Å². The first kappa shape index (κ1) is 16.0. The van der Waals surface area contributed by atoms with Gasteiger partial charge >= 0.3 is 0 Å². The highest BCUT2D eigenvalue weighted by atomic mass is 35.5. The minimum atomic E-state index is -0.345. The van der Waals surface area contributed by atoms with E-state index in [1.807, 2.05) is 0 Å². The Morgan fingerprint density at radius 1 is 0.952 bits per heavy atom. The Balaban J connectivity index is 2.03. The number of benzene rings is 2. The van der Waals surface area contributed by atoms with Crippen LogP contribution in [0.5, 0.6) is 0 Å². The van der Waals surface area contributed by atoms with Gasteiger partial charge in [0, 0.05) is 15.6 Å². The molecule has 21 heavy (non-hydrogen) atoms. The lowest BCUT2D eigenvalue weighted by Gasteiger charge is -2.11. The molecule has 0 spiro atoms. The van der Waals surface area contributed by atoms with Gasteiger partial charge in [0.25, 0.3) is 5.91 Å². The molecule has 0 aliphatic heterocycles. The largest absolute Gasteiger partial charge is 0.331 e. The number of rotatable bonds is 2. The van der Waals surface area contributed by atoms with Crippen LogP contribution in [0.15, 0.2) is 42.5 Å². The van der Waals surface area contributed by atoms with Crippen molar-refractivity contribution in [1.82, 2.24) is 5.32 Å². The molecular formula is C14H9Cl3N2OS. The van der Waals surface area contributed by atoms with E-state index in [-0.39, 0.29) is 11.0 Å². The van der Waals surface area contributed by atoms with Crippen LogP contribution in [-0.2, 0) is 0 Å². The SMILES string of the molecule is O=C(NC(=S)Nc1cc(Cl)ccc1Cl)c1ccc(Cl)cc1. The Morgan fingerprint density at radius 3 is 2.24 bits per heavy atom. The van der Waals surface area contributed by atoms with E-state index in [4.69, 9.17) is 47.0 Å². The quantitative estimate of drug-likeness (QED) is 0.759. The maximum Gasteiger partial charge on any atom is 0.257 e. The number of carbonyl (C=O) groups is 1. The van der Waals surface area contributed by atoms with Crippen molar-refractivity contribution < 1.29 is 4.79 Å². The molecule has 0 radical (unpaired) electrons. The van der Waals surface area contributed by atoms with Crippen molar-refractivity contribution in [3.05, 3.63) is 63.1 Å². The Bertz CT molecular complexity index is 689. The fraction of sp³-hybridized carbons (Fsp3) is 0. The Hall–Kier alpha value is -1.33. The van der Waals surface area contributed by atoms with Crippen LogP contribution in [0.3, 0.4) is 0 Å². The molecule has 2 aromatic carbocycles. The molecule has 0 bridgehead atoms. The van der Waals surface area contributed by atoms with Gasteiger partial charge in [0.1, 0.15) is 0 Å². The van der Waals surface area contributed by atoms with E-state index in [9.17, 15) is 4.79 Å². The van der Waals surface area contributed by atoms with E-state index < -0.39 is 0 Å². The summed E-state index contributed by atoms with van der Waals surface area (Å²) in [5.41, 5.74) is 0.964. The summed E-state index contributed by atoms with van der Waals surface area (Å²) >= 11 is 22.7. The smallest absolute Gasteiger partial charge is 0.257 e. The van der Waals surface area contributed by atoms with E-state index in [2.05, 4.69) is 10.6 Å². The van der Waals surface area contributed by atoms with Gasteiger partial charge in [0.05, 0.1) is 10.7 Å². The van der Waals surface area contributed by atoms with Crippen molar-refractivity contribution in [2.45, 2.75) is 0 Å². The summed E-state index contributed by atoms with van der Waals surface area (Å²) in [5.74, 6) is -0.345. The van der Waals surface area contributed by atoms with E-state index in [1.165, 1.54) is 0 Å². The van der Waals surface area contributed by atoms with Gasteiger partial charge < -0.3 is 5.32 Å². The third-order valence-electron chi connectivity index (χ3n) is 2.51. The van der Waals surface area contributed by atoms with Gasteiger partial charge in [-0.15, -0.1) is 0 Å². The number of carbonyl (C=O) groups excluding carboxylic acids is 1. The number of amides is 1. The molecule has 0 saturated heterocycles. The molecule has 0 fully saturated rings. The predicted octanol–water partition coefficient (Wildman–Crippen LogP) is 4.77. The lowest BCUT2D eigenvalue weighted by Crippen LogP contribution is -2.34. The summed E-state index contributed by atoms with van der Waals surface area (Å²) in [5, 5.41) is 7.00. The fourth-order valence-corrected chi connectivity index (χ4v) is 2.19. The van der Waals surface area contributed by atoms with Crippen molar-refractivity contribution in [3.8, 4) is 0 Å². The zero-order chi connectivity index (χ0) is 15.4. The molecular weight excluding hydrogens is 351 g/mol. The molecule has 2 aromatic rings. The second-order valence-electron chi connectivity index (χ2n) is 4.04. The van der Waals surface area contributed by atoms with Crippen molar-refractivity contribution in [3.63, 3.8) is 0 Å². The summed E-state index contributed by atoms with van der Waals surface area (Å²) in [6, 6.07) is 11.4. The second-order valence-corrected chi connectivity index (χ2v) is 5.73. The average molecular weight is 360 g/mol. The van der Waals surface area contributed by atoms with Gasteiger partial charge in [-0.2, -0.15) is 0 Å². The average Bonchev–Trinajstić information content (AvgIpc) is 2.43. The van der Waals surface area contributed by atoms with E-state index in [1.54, 1.807) is 42.5 Å². The van der Waals surface area contributed by atoms with Crippen molar-refractivity contribution in [2.24, 2.45) is 0 Å². The first-order chi connectivity index (χ1) is 9.95. The minimum Gasteiger partial charge on any atom is -0.331 e. The first-order valence-corrected chi connectivity index (χ1v) is 7.33. The van der Waals surface area contributed by atoms with E-state index >= 15 is 0 Å². The van der Waals surface area contributed by atoms with Gasteiger partial charge in [-0.05, 0) is 54.7 Å². The standard InChI is InChI=1S/C14H9Cl3N2OS/c15-9-3-1-8(2-4-9)13(20)19-14(21)18-12-7-10(16)5-6-11(12)17/h1-7H,(H2,18,19,20,21). The highest BCUT2D eigenvalue weighted by Gasteiger charge is 2.09. The van der Waals surface area contributed by atoms with Crippen LogP contribution in [0.4, 0.5) is 5.69 Å². The molecule has 2 N–H and O–H groups in total. The first-order valence-electron chi connectivity index (χ1n) is 5.78. The van der Waals surface area contributed by atoms with Crippen LogP contribution < -0.4 is 10.6 Å². The monoisotopic (exact) mass is 358 g/mol. The lowest BCUT2D eigenvalue weighted by molar-refractivity contribution is 0.0978. The van der Waals surface area contributed by atoms with Crippen LogP contribution in [0.1, 0.15) is 10.4 Å². The summed E-state index contributed by atoms with van der Waals surface area (Å²) < 4.78 is 0. The molecule has 2 rings (SSSR count). The molecule has 0 aromatic heterocycles. The summed E-state index contributed by atoms with van der Waals surface area (Å²) in [6.07, 6.45) is 0. The number of halogens is 3. The van der Waals surface area contributed by atoms with Gasteiger partial charge in [0.15, 0.2) is 5.11 Å². The fourth-order valence-electron chi connectivity index (χ4n) is 1.52. The van der Waals surface area contributed by atoms with Crippen LogP contribution in [0.25, 0.3) is 0 Å². The maximum atomic E-state index is 12.0. The number of thiocarbonyl (C=S) groups is 1. The molecule has 1 amide bonds. The van der Waals surface area contributed by atoms with Crippen LogP contribution >= 0.6 is 47.0 Å². The second kappa shape index (κ2) is 7.09. The van der Waals surface area contributed by atoms with Crippen LogP contribution in [-0.4, -0.2) is 11.0 Å². The van der Waals surface area contributed by atoms with Crippen molar-refractivity contribution in [1.29, 1.82) is 0 Å². The van der Waals surface area contributed by atoms with E-state index in [0.717, 1.165) is 0 Å². The van der Waals surface area contributed by atoms with Crippen LogP contribution in [0, 0.1) is 0 Å². The Kier molecular flexibility index (Phi) is 5.42. The van der Waals surface area contributed by atoms with Gasteiger partial charge in [-0.25, -0.2) is 0 Å². The summed E-state index contributed by atoms with van der Waals surface area (Å²) in [4.78, 5) is 12.0. The third kappa shape index (κ3) is 4.58.